The summed E-state index contributed by atoms with van der Waals surface area (Å²) in [6.45, 7) is 1.77. The highest BCUT2D eigenvalue weighted by molar-refractivity contribution is 7.91. The van der Waals surface area contributed by atoms with E-state index < -0.39 is 74.4 Å². The first-order valence-electron chi connectivity index (χ1n) is 18.3. The van der Waals surface area contributed by atoms with E-state index in [9.17, 15) is 32.0 Å². The molecule has 1 aromatic carbocycles. The quantitative estimate of drug-likeness (QED) is 0.287. The van der Waals surface area contributed by atoms with Crippen molar-refractivity contribution in [3.05, 3.63) is 72.0 Å². The van der Waals surface area contributed by atoms with Crippen LogP contribution in [0.15, 0.2) is 54.8 Å². The van der Waals surface area contributed by atoms with E-state index in [4.69, 9.17) is 4.74 Å². The second-order valence-corrected chi connectivity index (χ2v) is 16.3. The molecule has 4 heterocycles. The van der Waals surface area contributed by atoms with Crippen LogP contribution in [-0.4, -0.2) is 92.2 Å². The van der Waals surface area contributed by atoms with Crippen LogP contribution in [0.1, 0.15) is 74.5 Å². The van der Waals surface area contributed by atoms with Gasteiger partial charge in [0.25, 0.3) is 11.8 Å². The van der Waals surface area contributed by atoms with Crippen molar-refractivity contribution in [2.45, 2.75) is 93.7 Å². The van der Waals surface area contributed by atoms with Gasteiger partial charge in [-0.3, -0.25) is 28.6 Å². The summed E-state index contributed by atoms with van der Waals surface area (Å²) in [7, 11) is -2.29. The highest BCUT2D eigenvalue weighted by atomic mass is 32.2. The molecular weight excluding hydrogens is 720 g/mol. The van der Waals surface area contributed by atoms with Gasteiger partial charge in [-0.15, -0.1) is 0 Å². The molecule has 2 aromatic heterocycles. The third kappa shape index (κ3) is 7.58. The van der Waals surface area contributed by atoms with Crippen molar-refractivity contribution in [2.24, 2.45) is 13.0 Å². The SMILES string of the molecule is CCc1nc2ccc(F)cc2nc1OC1CC2C(=O)NC3(C(=O)NS(=O)(=O)C4CC4)C=CC3C=CCCCCCC(NC(=O)c3ccn(C)n3)C(=O)N2C1. The Morgan fingerprint density at radius 1 is 1.07 bits per heavy atom. The highest BCUT2D eigenvalue weighted by Gasteiger charge is 2.53. The molecule has 2 aliphatic carbocycles. The molecule has 2 aliphatic heterocycles. The summed E-state index contributed by atoms with van der Waals surface area (Å²) in [6, 6.07) is 3.37. The number of carbonyl (C=O) groups is 4. The molecule has 54 heavy (non-hydrogen) atoms. The zero-order chi connectivity index (χ0) is 38.2. The van der Waals surface area contributed by atoms with Crippen LogP contribution in [0.2, 0.25) is 0 Å². The lowest BCUT2D eigenvalue weighted by Crippen LogP contribution is -2.67. The van der Waals surface area contributed by atoms with Gasteiger partial charge in [-0.1, -0.05) is 44.1 Å². The number of aromatic nitrogens is 4. The molecule has 3 aromatic rings. The number of nitrogens with zero attached hydrogens (tertiary/aromatic N) is 5. The van der Waals surface area contributed by atoms with Crippen molar-refractivity contribution in [2.75, 3.05) is 6.54 Å². The molecular formula is C37H43FN8O7S. The fourth-order valence-electron chi connectivity index (χ4n) is 7.15. The van der Waals surface area contributed by atoms with E-state index >= 15 is 0 Å². The van der Waals surface area contributed by atoms with Gasteiger partial charge in [-0.25, -0.2) is 22.8 Å². The van der Waals surface area contributed by atoms with E-state index in [0.717, 1.165) is 12.8 Å². The lowest BCUT2D eigenvalue weighted by Gasteiger charge is -2.42. The second kappa shape index (κ2) is 14.9. The first-order chi connectivity index (χ1) is 25.9. The molecule has 15 nitrogen and oxygen atoms in total. The molecule has 2 fully saturated rings. The maximum atomic E-state index is 14.6. The summed E-state index contributed by atoms with van der Waals surface area (Å²) in [5, 5.41) is 9.15. The maximum Gasteiger partial charge on any atom is 0.272 e. The number of nitrogens with one attached hydrogen (secondary N) is 3. The first-order valence-corrected chi connectivity index (χ1v) is 19.9. The van der Waals surface area contributed by atoms with Gasteiger partial charge in [0.2, 0.25) is 27.7 Å². The van der Waals surface area contributed by atoms with E-state index in [1.54, 1.807) is 25.4 Å². The minimum atomic E-state index is -3.96. The molecule has 5 atom stereocenters. The Morgan fingerprint density at radius 2 is 1.89 bits per heavy atom. The monoisotopic (exact) mass is 762 g/mol. The summed E-state index contributed by atoms with van der Waals surface area (Å²) in [5.41, 5.74) is -0.370. The van der Waals surface area contributed by atoms with E-state index in [-0.39, 0.29) is 36.5 Å². The maximum absolute atomic E-state index is 14.6. The van der Waals surface area contributed by atoms with E-state index in [1.807, 2.05) is 13.0 Å². The molecule has 4 aliphatic rings. The Hall–Kier alpha value is -5.19. The number of ether oxygens (including phenoxy) is 1. The molecule has 1 saturated carbocycles. The predicted molar refractivity (Wildman–Crippen MR) is 194 cm³/mol. The van der Waals surface area contributed by atoms with Gasteiger partial charge < -0.3 is 20.3 Å². The number of amides is 4. The molecule has 0 bridgehead atoms. The summed E-state index contributed by atoms with van der Waals surface area (Å²) < 4.78 is 49.9. The lowest BCUT2D eigenvalue weighted by atomic mass is 9.73. The number of fused-ring (bicyclic) bond motifs is 3. The van der Waals surface area contributed by atoms with E-state index in [2.05, 4.69) is 30.4 Å². The van der Waals surface area contributed by atoms with Gasteiger partial charge in [0.1, 0.15) is 40.9 Å². The number of hydrogen-bond acceptors (Lipinski definition) is 10. The second-order valence-electron chi connectivity index (χ2n) is 14.3. The van der Waals surface area contributed by atoms with Crippen LogP contribution >= 0.6 is 0 Å². The molecule has 0 spiro atoms. The first kappa shape index (κ1) is 37.1. The lowest BCUT2D eigenvalue weighted by molar-refractivity contribution is -0.142. The van der Waals surface area contributed by atoms with Crippen LogP contribution in [0, 0.1) is 11.7 Å². The van der Waals surface area contributed by atoms with Gasteiger partial charge in [-0.2, -0.15) is 5.10 Å². The standard InChI is InChI=1S/C37H43FN8O7S/c1-3-26-34(41-30-19-23(38)11-14-27(30)39-26)53-24-20-31-33(48)42-37(36(50)44-54(51,52)25-12-13-25)17-15-22(37)9-7-5-4-6-8-10-29(35(49)46(31)21-24)40-32(47)28-16-18-45(2)43-28/h7,9,11,14-19,22,24-25,29,31H,3-6,8,10,12-13,20-21H2,1-2H3,(H,40,47)(H,42,48)(H,44,50). The number of hydrogen-bond donors (Lipinski definition) is 3. The molecule has 0 radical (unpaired) electrons. The summed E-state index contributed by atoms with van der Waals surface area (Å²) in [4.78, 5) is 66.6. The predicted octanol–water partition coefficient (Wildman–Crippen LogP) is 2.38. The normalized spacial score (nSPS) is 26.2. The number of carbonyl (C=O) groups excluding carboxylic acids is 4. The Kier molecular flexibility index (Phi) is 10.3. The Morgan fingerprint density at radius 3 is 2.59 bits per heavy atom. The fourth-order valence-corrected chi connectivity index (χ4v) is 8.50. The van der Waals surface area contributed by atoms with Crippen LogP contribution in [0.5, 0.6) is 5.88 Å². The molecule has 5 unspecified atom stereocenters. The number of halogens is 1. The zero-order valence-electron chi connectivity index (χ0n) is 30.0. The van der Waals surface area contributed by atoms with Gasteiger partial charge in [-0.05, 0) is 56.7 Å². The topological polar surface area (TPSA) is 195 Å². The minimum absolute atomic E-state index is 0.0349. The average Bonchev–Trinajstić information content (AvgIpc) is 3.79. The van der Waals surface area contributed by atoms with Gasteiger partial charge in [0.05, 0.1) is 22.8 Å². The van der Waals surface area contributed by atoms with Gasteiger partial charge in [0.15, 0.2) is 0 Å². The van der Waals surface area contributed by atoms with Crippen LogP contribution < -0.4 is 20.1 Å². The largest absolute Gasteiger partial charge is 0.471 e. The third-order valence-corrected chi connectivity index (χ3v) is 12.2. The summed E-state index contributed by atoms with van der Waals surface area (Å²) >= 11 is 0. The zero-order valence-corrected chi connectivity index (χ0v) is 30.9. The molecule has 1 saturated heterocycles. The van der Waals surface area contributed by atoms with Crippen molar-refractivity contribution in [1.82, 2.24) is 40.0 Å². The number of rotatable bonds is 8. The summed E-state index contributed by atoms with van der Waals surface area (Å²) in [6.07, 6.45) is 12.0. The van der Waals surface area contributed by atoms with Gasteiger partial charge in [0, 0.05) is 31.6 Å². The van der Waals surface area contributed by atoms with Crippen LogP contribution in [0.3, 0.4) is 0 Å². The average molecular weight is 763 g/mol. The Bertz CT molecular complexity index is 2150. The molecule has 3 N–H and O–H groups in total. The van der Waals surface area contributed by atoms with Crippen molar-refractivity contribution in [1.29, 1.82) is 0 Å². The summed E-state index contributed by atoms with van der Waals surface area (Å²) in [5.74, 6) is -3.70. The van der Waals surface area contributed by atoms with Crippen molar-refractivity contribution < 1.29 is 36.7 Å². The van der Waals surface area contributed by atoms with E-state index in [0.29, 0.717) is 43.3 Å². The Balaban J connectivity index is 1.22. The molecule has 7 rings (SSSR count). The fraction of sp³-hybridized carbons (Fsp3) is 0.486. The smallest absolute Gasteiger partial charge is 0.272 e. The number of benzene rings is 1. The van der Waals surface area contributed by atoms with Crippen LogP contribution in [0.25, 0.3) is 11.0 Å². The molecule has 17 heteroatoms. The van der Waals surface area contributed by atoms with Gasteiger partial charge >= 0.3 is 0 Å². The van der Waals surface area contributed by atoms with E-state index in [1.165, 1.54) is 39.9 Å². The van der Waals surface area contributed by atoms with Crippen molar-refractivity contribution >= 4 is 44.7 Å². The number of allylic oxidation sites excluding steroid dienone is 1. The van der Waals surface area contributed by atoms with Crippen molar-refractivity contribution in [3.63, 3.8) is 0 Å². The Labute approximate surface area is 311 Å². The number of aryl methyl sites for hydroxylation is 2. The minimum Gasteiger partial charge on any atom is -0.471 e. The highest BCUT2D eigenvalue weighted by Crippen LogP contribution is 2.36. The molecule has 4 amide bonds. The van der Waals surface area contributed by atoms with Crippen LogP contribution in [0.4, 0.5) is 4.39 Å². The van der Waals surface area contributed by atoms with Crippen molar-refractivity contribution in [3.8, 4) is 5.88 Å². The number of sulfonamides is 1. The third-order valence-electron chi connectivity index (χ3n) is 10.4. The van der Waals surface area contributed by atoms with Crippen LogP contribution in [-0.2, 0) is 37.9 Å². The molecule has 286 valence electrons.